The van der Waals surface area contributed by atoms with E-state index >= 15 is 0 Å². The summed E-state index contributed by atoms with van der Waals surface area (Å²) in [4.78, 5) is 8.33. The van der Waals surface area contributed by atoms with Gasteiger partial charge in [0.25, 0.3) is 0 Å². The van der Waals surface area contributed by atoms with E-state index in [1.807, 2.05) is 24.3 Å². The maximum atomic E-state index is 9.30. The molecule has 0 spiro atoms. The summed E-state index contributed by atoms with van der Waals surface area (Å²) in [6.45, 7) is 1.76. The minimum atomic E-state index is -0.367. The highest BCUT2D eigenvalue weighted by Crippen LogP contribution is 2.14. The molecule has 0 bridgehead atoms. The van der Waals surface area contributed by atoms with Crippen LogP contribution >= 0.6 is 0 Å². The van der Waals surface area contributed by atoms with E-state index in [0.29, 0.717) is 6.42 Å². The highest BCUT2D eigenvalue weighted by atomic mass is 16.3. The van der Waals surface area contributed by atoms with Crippen LogP contribution in [0.1, 0.15) is 12.6 Å². The van der Waals surface area contributed by atoms with Crippen LogP contribution < -0.4 is 0 Å². The molecular formula is C11H12N2O. The van der Waals surface area contributed by atoms with Crippen LogP contribution in [0.15, 0.2) is 30.6 Å². The van der Waals surface area contributed by atoms with Crippen LogP contribution in [0, 0.1) is 0 Å². The number of rotatable bonds is 2. The molecular weight excluding hydrogens is 176 g/mol. The first-order chi connectivity index (χ1) is 6.77. The third kappa shape index (κ3) is 1.72. The average Bonchev–Trinajstić information content (AvgIpc) is 2.18. The summed E-state index contributed by atoms with van der Waals surface area (Å²) in [5.41, 5.74) is 1.84. The number of aliphatic hydroxyl groups excluding tert-OH is 1. The second-order valence-electron chi connectivity index (χ2n) is 3.39. The van der Waals surface area contributed by atoms with E-state index in [1.165, 1.54) is 0 Å². The van der Waals surface area contributed by atoms with Crippen LogP contribution in [0.4, 0.5) is 0 Å². The lowest BCUT2D eigenvalue weighted by Crippen LogP contribution is -2.06. The van der Waals surface area contributed by atoms with Crippen molar-refractivity contribution >= 4 is 10.9 Å². The monoisotopic (exact) mass is 188 g/mol. The fraction of sp³-hybridized carbons (Fsp3) is 0.273. The summed E-state index contributed by atoms with van der Waals surface area (Å²) < 4.78 is 0. The number of hydrogen-bond donors (Lipinski definition) is 1. The number of para-hydroxylation sites is 1. The standard InChI is InChI=1S/C11H12N2O/c1-8(14)6-11-9-4-2-3-5-10(9)12-7-13-11/h2-5,7-8,14H,6H2,1H3. The molecule has 0 amide bonds. The summed E-state index contributed by atoms with van der Waals surface area (Å²) in [5, 5.41) is 10.3. The van der Waals surface area contributed by atoms with Gasteiger partial charge in [0.1, 0.15) is 6.33 Å². The second kappa shape index (κ2) is 3.72. The number of nitrogens with zero attached hydrogens (tertiary/aromatic N) is 2. The molecule has 1 aromatic carbocycles. The Labute approximate surface area is 82.4 Å². The summed E-state index contributed by atoms with van der Waals surface area (Å²) >= 11 is 0. The molecule has 1 atom stereocenters. The van der Waals surface area contributed by atoms with E-state index in [0.717, 1.165) is 16.6 Å². The van der Waals surface area contributed by atoms with Crippen molar-refractivity contribution in [1.29, 1.82) is 0 Å². The highest BCUT2D eigenvalue weighted by molar-refractivity contribution is 5.80. The number of fused-ring (bicyclic) bond motifs is 1. The van der Waals surface area contributed by atoms with E-state index in [2.05, 4.69) is 9.97 Å². The van der Waals surface area contributed by atoms with Gasteiger partial charge in [-0.05, 0) is 13.0 Å². The quantitative estimate of drug-likeness (QED) is 0.777. The van der Waals surface area contributed by atoms with Crippen molar-refractivity contribution in [1.82, 2.24) is 9.97 Å². The molecule has 2 aromatic rings. The van der Waals surface area contributed by atoms with Gasteiger partial charge in [0.05, 0.1) is 17.3 Å². The maximum Gasteiger partial charge on any atom is 0.116 e. The van der Waals surface area contributed by atoms with Crippen LogP contribution in [0.3, 0.4) is 0 Å². The molecule has 72 valence electrons. The number of benzene rings is 1. The first kappa shape index (κ1) is 9.09. The third-order valence-corrected chi connectivity index (χ3v) is 2.11. The van der Waals surface area contributed by atoms with E-state index in [4.69, 9.17) is 0 Å². The van der Waals surface area contributed by atoms with Crippen molar-refractivity contribution in [2.45, 2.75) is 19.4 Å². The first-order valence-electron chi connectivity index (χ1n) is 4.64. The minimum Gasteiger partial charge on any atom is -0.393 e. The Morgan fingerprint density at radius 3 is 2.86 bits per heavy atom. The third-order valence-electron chi connectivity index (χ3n) is 2.11. The number of aliphatic hydroxyl groups is 1. The summed E-state index contributed by atoms with van der Waals surface area (Å²) in [6, 6.07) is 7.83. The lowest BCUT2D eigenvalue weighted by molar-refractivity contribution is 0.194. The largest absolute Gasteiger partial charge is 0.393 e. The van der Waals surface area contributed by atoms with Crippen molar-refractivity contribution in [3.63, 3.8) is 0 Å². The molecule has 0 saturated carbocycles. The van der Waals surface area contributed by atoms with Gasteiger partial charge in [-0.1, -0.05) is 18.2 Å². The molecule has 3 nitrogen and oxygen atoms in total. The Balaban J connectivity index is 2.53. The molecule has 14 heavy (non-hydrogen) atoms. The Morgan fingerprint density at radius 2 is 2.07 bits per heavy atom. The van der Waals surface area contributed by atoms with Crippen molar-refractivity contribution in [2.75, 3.05) is 0 Å². The molecule has 2 rings (SSSR count). The average molecular weight is 188 g/mol. The van der Waals surface area contributed by atoms with E-state index in [1.54, 1.807) is 13.3 Å². The Bertz CT molecular complexity index is 435. The molecule has 0 aliphatic heterocycles. The second-order valence-corrected chi connectivity index (χ2v) is 3.39. The molecule has 0 saturated heterocycles. The smallest absolute Gasteiger partial charge is 0.116 e. The minimum absolute atomic E-state index is 0.367. The molecule has 0 aliphatic carbocycles. The van der Waals surface area contributed by atoms with Crippen LogP contribution in [0.2, 0.25) is 0 Å². The zero-order valence-electron chi connectivity index (χ0n) is 8.01. The van der Waals surface area contributed by atoms with Crippen molar-refractivity contribution in [3.8, 4) is 0 Å². The van der Waals surface area contributed by atoms with Gasteiger partial charge in [0.2, 0.25) is 0 Å². The fourth-order valence-corrected chi connectivity index (χ4v) is 1.50. The van der Waals surface area contributed by atoms with Gasteiger partial charge in [0, 0.05) is 11.8 Å². The van der Waals surface area contributed by atoms with Crippen LogP contribution in [0.5, 0.6) is 0 Å². The summed E-state index contributed by atoms with van der Waals surface area (Å²) in [6.07, 6.45) is 1.75. The molecule has 0 radical (unpaired) electrons. The van der Waals surface area contributed by atoms with Crippen LogP contribution in [-0.2, 0) is 6.42 Å². The predicted octanol–water partition coefficient (Wildman–Crippen LogP) is 1.55. The van der Waals surface area contributed by atoms with E-state index in [-0.39, 0.29) is 6.10 Å². The zero-order valence-corrected chi connectivity index (χ0v) is 8.01. The van der Waals surface area contributed by atoms with Crippen molar-refractivity contribution in [3.05, 3.63) is 36.3 Å². The Hall–Kier alpha value is -1.48. The van der Waals surface area contributed by atoms with Crippen molar-refractivity contribution in [2.24, 2.45) is 0 Å². The molecule has 3 heteroatoms. The summed E-state index contributed by atoms with van der Waals surface area (Å²) in [7, 11) is 0. The molecule has 1 unspecified atom stereocenters. The highest BCUT2D eigenvalue weighted by Gasteiger charge is 2.05. The van der Waals surface area contributed by atoms with Gasteiger partial charge in [-0.3, -0.25) is 0 Å². The van der Waals surface area contributed by atoms with Gasteiger partial charge in [-0.25, -0.2) is 9.97 Å². The molecule has 0 fully saturated rings. The number of hydrogen-bond acceptors (Lipinski definition) is 3. The lowest BCUT2D eigenvalue weighted by Gasteiger charge is -2.06. The normalized spacial score (nSPS) is 13.0. The Morgan fingerprint density at radius 1 is 1.29 bits per heavy atom. The zero-order chi connectivity index (χ0) is 9.97. The SMILES string of the molecule is CC(O)Cc1ncnc2ccccc12. The van der Waals surface area contributed by atoms with Gasteiger partial charge in [0.15, 0.2) is 0 Å². The fourth-order valence-electron chi connectivity index (χ4n) is 1.50. The topological polar surface area (TPSA) is 46.0 Å². The van der Waals surface area contributed by atoms with Gasteiger partial charge >= 0.3 is 0 Å². The number of aromatic nitrogens is 2. The molecule has 1 heterocycles. The van der Waals surface area contributed by atoms with Gasteiger partial charge in [-0.15, -0.1) is 0 Å². The summed E-state index contributed by atoms with van der Waals surface area (Å²) in [5.74, 6) is 0. The molecule has 1 N–H and O–H groups in total. The van der Waals surface area contributed by atoms with Crippen LogP contribution in [-0.4, -0.2) is 21.2 Å². The van der Waals surface area contributed by atoms with Crippen LogP contribution in [0.25, 0.3) is 10.9 Å². The Kier molecular flexibility index (Phi) is 2.41. The van der Waals surface area contributed by atoms with Crippen molar-refractivity contribution < 1.29 is 5.11 Å². The van der Waals surface area contributed by atoms with Gasteiger partial charge < -0.3 is 5.11 Å². The molecule has 1 aromatic heterocycles. The lowest BCUT2D eigenvalue weighted by atomic mass is 10.1. The van der Waals surface area contributed by atoms with E-state index in [9.17, 15) is 5.11 Å². The first-order valence-corrected chi connectivity index (χ1v) is 4.64. The van der Waals surface area contributed by atoms with Gasteiger partial charge in [-0.2, -0.15) is 0 Å². The predicted molar refractivity (Wildman–Crippen MR) is 54.9 cm³/mol. The molecule has 0 aliphatic rings. The maximum absolute atomic E-state index is 9.30. The van der Waals surface area contributed by atoms with E-state index < -0.39 is 0 Å².